The number of hydrogen-bond donors (Lipinski definition) is 0. The van der Waals surface area contributed by atoms with Crippen molar-refractivity contribution in [3.63, 3.8) is 0 Å². The zero-order chi connectivity index (χ0) is 23.2. The first kappa shape index (κ1) is 22.9. The van der Waals surface area contributed by atoms with E-state index in [0.29, 0.717) is 32.1 Å². The molecule has 1 fully saturated rings. The number of rotatable bonds is 7. The van der Waals surface area contributed by atoms with Gasteiger partial charge in [0.25, 0.3) is 0 Å². The molecular weight excluding hydrogens is 447 g/mol. The molecule has 0 aliphatic carbocycles. The van der Waals surface area contributed by atoms with E-state index in [1.165, 1.54) is 18.5 Å². The van der Waals surface area contributed by atoms with Gasteiger partial charge in [-0.1, -0.05) is 41.9 Å². The van der Waals surface area contributed by atoms with Crippen molar-refractivity contribution in [3.8, 4) is 11.6 Å². The molecule has 1 aliphatic rings. The molecule has 0 spiro atoms. The second-order valence-electron chi connectivity index (χ2n) is 7.75. The van der Waals surface area contributed by atoms with Gasteiger partial charge in [0.05, 0.1) is 6.61 Å². The number of aromatic nitrogens is 2. The van der Waals surface area contributed by atoms with Crippen LogP contribution in [-0.2, 0) is 16.1 Å². The van der Waals surface area contributed by atoms with Crippen LogP contribution in [0.2, 0.25) is 5.02 Å². The number of anilines is 1. The lowest BCUT2D eigenvalue weighted by molar-refractivity contribution is -0.139. The first-order valence-electron chi connectivity index (χ1n) is 10.6. The summed E-state index contributed by atoms with van der Waals surface area (Å²) in [6.07, 6.45) is 1.37. The average molecular weight is 471 g/mol. The first-order valence-corrected chi connectivity index (χ1v) is 11.0. The quantitative estimate of drug-likeness (QED) is 0.512. The Balaban J connectivity index is 1.32. The first-order chi connectivity index (χ1) is 16.0. The number of hydrogen-bond acceptors (Lipinski definition) is 6. The second kappa shape index (κ2) is 10.6. The van der Waals surface area contributed by atoms with Crippen LogP contribution in [0.3, 0.4) is 0 Å². The van der Waals surface area contributed by atoms with Gasteiger partial charge in [-0.2, -0.15) is 0 Å². The molecule has 7 nitrogen and oxygen atoms in total. The fraction of sp³-hybridized carbons (Fsp3) is 0.292. The van der Waals surface area contributed by atoms with Gasteiger partial charge in [0.2, 0.25) is 11.8 Å². The molecular formula is C24H24ClFN4O3. The van der Waals surface area contributed by atoms with Crippen molar-refractivity contribution < 1.29 is 18.7 Å². The minimum Gasteiger partial charge on any atom is -0.436 e. The molecule has 2 heterocycles. The smallest absolute Gasteiger partial charge is 0.248 e. The van der Waals surface area contributed by atoms with Crippen LogP contribution >= 0.6 is 11.6 Å². The summed E-state index contributed by atoms with van der Waals surface area (Å²) in [5.41, 5.74) is 1.03. The van der Waals surface area contributed by atoms with Gasteiger partial charge in [-0.3, -0.25) is 4.79 Å². The Kier molecular flexibility index (Phi) is 7.36. The molecule has 33 heavy (non-hydrogen) atoms. The maximum absolute atomic E-state index is 14.0. The third-order valence-electron chi connectivity index (χ3n) is 5.34. The van der Waals surface area contributed by atoms with Gasteiger partial charge in [-0.25, -0.2) is 14.4 Å². The zero-order valence-electron chi connectivity index (χ0n) is 18.2. The van der Waals surface area contributed by atoms with Gasteiger partial charge >= 0.3 is 0 Å². The molecule has 4 rings (SSSR count). The predicted octanol–water partition coefficient (Wildman–Crippen LogP) is 4.32. The molecule has 1 amide bonds. The summed E-state index contributed by atoms with van der Waals surface area (Å²) < 4.78 is 25.2. The summed E-state index contributed by atoms with van der Waals surface area (Å²) in [5.74, 6) is 0.291. The number of nitrogens with zero attached hydrogens (tertiary/aromatic N) is 4. The highest BCUT2D eigenvalue weighted by Crippen LogP contribution is 2.27. The summed E-state index contributed by atoms with van der Waals surface area (Å²) in [4.78, 5) is 24.9. The normalized spacial score (nSPS) is 16.0. The molecule has 9 heteroatoms. The van der Waals surface area contributed by atoms with Crippen LogP contribution in [-0.4, -0.2) is 53.1 Å². The van der Waals surface area contributed by atoms with Crippen LogP contribution in [0.4, 0.5) is 10.2 Å². The van der Waals surface area contributed by atoms with E-state index >= 15 is 0 Å². The van der Waals surface area contributed by atoms with E-state index in [0.717, 1.165) is 5.56 Å². The molecule has 3 aromatic rings. The number of carbonyl (C=O) groups excluding carboxylic acids is 1. The molecule has 172 valence electrons. The Hall–Kier alpha value is -3.23. The minimum atomic E-state index is -0.571. The summed E-state index contributed by atoms with van der Waals surface area (Å²) in [5, 5.41) is 0.287. The molecule has 2 aromatic carbocycles. The molecule has 1 aromatic heterocycles. The van der Waals surface area contributed by atoms with Crippen LogP contribution in [0.15, 0.2) is 60.9 Å². The van der Waals surface area contributed by atoms with Crippen LogP contribution in [0.5, 0.6) is 11.6 Å². The van der Waals surface area contributed by atoms with Gasteiger partial charge in [0, 0.05) is 36.8 Å². The number of carbonyl (C=O) groups is 1. The van der Waals surface area contributed by atoms with E-state index < -0.39 is 5.82 Å². The molecule has 0 bridgehead atoms. The summed E-state index contributed by atoms with van der Waals surface area (Å²) in [6.45, 7) is 4.16. The van der Waals surface area contributed by atoms with Crippen molar-refractivity contribution in [2.24, 2.45) is 0 Å². The van der Waals surface area contributed by atoms with Crippen molar-refractivity contribution in [1.29, 1.82) is 0 Å². The van der Waals surface area contributed by atoms with E-state index in [1.807, 2.05) is 47.1 Å². The largest absolute Gasteiger partial charge is 0.436 e. The topological polar surface area (TPSA) is 67.8 Å². The van der Waals surface area contributed by atoms with Crippen molar-refractivity contribution in [2.45, 2.75) is 19.6 Å². The third kappa shape index (κ3) is 5.97. The van der Waals surface area contributed by atoms with Crippen LogP contribution in [0.25, 0.3) is 0 Å². The number of piperazine rings is 1. The van der Waals surface area contributed by atoms with Gasteiger partial charge in [-0.15, -0.1) is 0 Å². The molecule has 1 saturated heterocycles. The van der Waals surface area contributed by atoms with E-state index in [1.54, 1.807) is 12.1 Å². The standard InChI is InChI=1S/C24H24ClFN4O3/c1-17-13-29(9-10-30(17)24(31)15-32-14-18-5-3-2-4-6-18)22-12-23(28-16-27-22)33-21-8-7-19(25)11-20(21)26/h2-8,11-12,16-17H,9-10,13-15H2,1H3. The third-order valence-corrected chi connectivity index (χ3v) is 5.58. The Morgan fingerprint density at radius 2 is 1.97 bits per heavy atom. The zero-order valence-corrected chi connectivity index (χ0v) is 18.9. The highest BCUT2D eigenvalue weighted by Gasteiger charge is 2.28. The summed E-state index contributed by atoms with van der Waals surface area (Å²) >= 11 is 5.79. The summed E-state index contributed by atoms with van der Waals surface area (Å²) in [6, 6.07) is 15.6. The second-order valence-corrected chi connectivity index (χ2v) is 8.19. The molecule has 0 N–H and O–H groups in total. The Morgan fingerprint density at radius 3 is 2.73 bits per heavy atom. The van der Waals surface area contributed by atoms with Crippen LogP contribution in [0, 0.1) is 5.82 Å². The Bertz CT molecular complexity index is 1100. The van der Waals surface area contributed by atoms with Crippen molar-refractivity contribution in [3.05, 3.63) is 77.3 Å². The van der Waals surface area contributed by atoms with Gasteiger partial charge in [0.15, 0.2) is 11.6 Å². The maximum atomic E-state index is 14.0. The lowest BCUT2D eigenvalue weighted by Crippen LogP contribution is -2.55. The number of ether oxygens (including phenoxy) is 2. The van der Waals surface area contributed by atoms with Gasteiger partial charge in [-0.05, 0) is 30.7 Å². The monoisotopic (exact) mass is 470 g/mol. The highest BCUT2D eigenvalue weighted by atomic mass is 35.5. The molecule has 1 unspecified atom stereocenters. The average Bonchev–Trinajstić information content (AvgIpc) is 2.81. The maximum Gasteiger partial charge on any atom is 0.248 e. The van der Waals surface area contributed by atoms with E-state index in [9.17, 15) is 9.18 Å². The summed E-state index contributed by atoms with van der Waals surface area (Å²) in [7, 11) is 0. The molecule has 1 atom stereocenters. The van der Waals surface area contributed by atoms with Crippen LogP contribution < -0.4 is 9.64 Å². The lowest BCUT2D eigenvalue weighted by atomic mass is 10.2. The fourth-order valence-electron chi connectivity index (χ4n) is 3.68. The SMILES string of the molecule is CC1CN(c2cc(Oc3ccc(Cl)cc3F)ncn2)CCN1C(=O)COCc1ccccc1. The van der Waals surface area contributed by atoms with Gasteiger partial charge in [0.1, 0.15) is 18.8 Å². The number of amides is 1. The number of halogens is 2. The van der Waals surface area contributed by atoms with E-state index in [-0.39, 0.29) is 35.2 Å². The van der Waals surface area contributed by atoms with E-state index in [2.05, 4.69) is 9.97 Å². The molecule has 0 radical (unpaired) electrons. The Morgan fingerprint density at radius 1 is 1.15 bits per heavy atom. The predicted molar refractivity (Wildman–Crippen MR) is 123 cm³/mol. The van der Waals surface area contributed by atoms with Crippen LogP contribution in [0.1, 0.15) is 12.5 Å². The van der Waals surface area contributed by atoms with E-state index in [4.69, 9.17) is 21.1 Å². The highest BCUT2D eigenvalue weighted by molar-refractivity contribution is 6.30. The van der Waals surface area contributed by atoms with Crippen molar-refractivity contribution in [1.82, 2.24) is 14.9 Å². The number of benzene rings is 2. The minimum absolute atomic E-state index is 0.0281. The van der Waals surface area contributed by atoms with Crippen molar-refractivity contribution >= 4 is 23.3 Å². The molecule has 1 aliphatic heterocycles. The van der Waals surface area contributed by atoms with Gasteiger partial charge < -0.3 is 19.3 Å². The Labute approximate surface area is 196 Å². The molecule has 0 saturated carbocycles. The van der Waals surface area contributed by atoms with Crippen molar-refractivity contribution in [2.75, 3.05) is 31.1 Å². The lowest BCUT2D eigenvalue weighted by Gasteiger charge is -2.40. The fourth-order valence-corrected chi connectivity index (χ4v) is 3.84.